The van der Waals surface area contributed by atoms with Crippen LogP contribution in [0.25, 0.3) is 0 Å². The Kier molecular flexibility index (Phi) is 3.86. The van der Waals surface area contributed by atoms with Crippen molar-refractivity contribution in [3.05, 3.63) is 58.4 Å². The predicted octanol–water partition coefficient (Wildman–Crippen LogP) is 2.08. The highest BCUT2D eigenvalue weighted by molar-refractivity contribution is 6.62. The number of hydrogen-bond acceptors (Lipinski definition) is 4. The highest BCUT2D eigenvalue weighted by Crippen LogP contribution is 2.30. The molecule has 0 saturated heterocycles. The van der Waals surface area contributed by atoms with E-state index in [1.807, 2.05) is 52.0 Å². The van der Waals surface area contributed by atoms with E-state index in [0.717, 1.165) is 27.8 Å². The van der Waals surface area contributed by atoms with E-state index in [1.165, 1.54) is 0 Å². The maximum atomic E-state index is 12.5. The van der Waals surface area contributed by atoms with E-state index in [-0.39, 0.29) is 12.2 Å². The van der Waals surface area contributed by atoms with Crippen molar-refractivity contribution in [2.45, 2.75) is 39.7 Å². The van der Waals surface area contributed by atoms with E-state index in [4.69, 9.17) is 4.65 Å². The Hall–Kier alpha value is -1.98. The van der Waals surface area contributed by atoms with Gasteiger partial charge in [0.1, 0.15) is 0 Å². The minimum Gasteiger partial charge on any atom is -0.423 e. The monoisotopic (exact) mass is 309 g/mol. The normalized spacial score (nSPS) is 15.6. The topological polar surface area (TPSA) is 59.4 Å². The lowest BCUT2D eigenvalue weighted by atomic mass is 9.77. The molecule has 1 aliphatic heterocycles. The Morgan fingerprint density at radius 2 is 2.04 bits per heavy atom. The Morgan fingerprint density at radius 3 is 2.74 bits per heavy atom. The van der Waals surface area contributed by atoms with Crippen LogP contribution in [0.3, 0.4) is 0 Å². The molecule has 0 spiro atoms. The number of hydrogen-bond donors (Lipinski definition) is 1. The van der Waals surface area contributed by atoms with Gasteiger partial charge in [0.15, 0.2) is 5.78 Å². The second-order valence-corrected chi connectivity index (χ2v) is 6.63. The van der Waals surface area contributed by atoms with E-state index in [2.05, 4.69) is 4.98 Å². The van der Waals surface area contributed by atoms with Gasteiger partial charge in [0, 0.05) is 23.9 Å². The Morgan fingerprint density at radius 1 is 1.30 bits per heavy atom. The number of fused-ring (bicyclic) bond motifs is 1. The summed E-state index contributed by atoms with van der Waals surface area (Å²) < 4.78 is 5.55. The number of nitrogens with zero attached hydrogens (tertiary/aromatic N) is 1. The van der Waals surface area contributed by atoms with Crippen LogP contribution in [-0.2, 0) is 16.7 Å². The van der Waals surface area contributed by atoms with Gasteiger partial charge in [0.2, 0.25) is 0 Å². The molecular weight excluding hydrogens is 289 g/mol. The van der Waals surface area contributed by atoms with E-state index in [1.54, 1.807) is 6.20 Å². The number of Topliss-reactive ketones (excluding diaryl/α,β-unsaturated/α-hetero) is 1. The van der Waals surface area contributed by atoms with Gasteiger partial charge in [-0.05, 0) is 55.9 Å². The summed E-state index contributed by atoms with van der Waals surface area (Å²) in [6.07, 6.45) is 1.91. The number of pyridine rings is 1. The zero-order chi connectivity index (χ0) is 16.8. The van der Waals surface area contributed by atoms with Gasteiger partial charge in [-0.1, -0.05) is 18.2 Å². The summed E-state index contributed by atoms with van der Waals surface area (Å²) in [5.74, 6) is 0.0215. The largest absolute Gasteiger partial charge is 0.492 e. The summed E-state index contributed by atoms with van der Waals surface area (Å²) in [4.78, 5) is 16.7. The lowest BCUT2D eigenvalue weighted by Crippen LogP contribution is -2.29. The smallest absolute Gasteiger partial charge is 0.423 e. The highest BCUT2D eigenvalue weighted by Gasteiger charge is 2.40. The molecule has 0 aliphatic carbocycles. The zero-order valence-corrected chi connectivity index (χ0v) is 13.9. The number of aryl methyl sites for hydroxylation is 2. The van der Waals surface area contributed by atoms with Gasteiger partial charge in [0.25, 0.3) is 0 Å². The molecule has 3 rings (SSSR count). The summed E-state index contributed by atoms with van der Waals surface area (Å²) in [6.45, 7) is 7.72. The standard InChI is InChI=1S/C18H20BNO3/c1-11-7-14(10-20-12(11)2)17(21)9-13-5-6-15-16(8-13)19(22)23-18(15,3)4/h5-8,10,22H,9H2,1-4H3. The molecule has 5 heteroatoms. The SMILES string of the molecule is Cc1cc(C(=O)Cc2ccc3c(c2)B(O)OC3(C)C)cnc1C. The summed E-state index contributed by atoms with van der Waals surface area (Å²) in [5.41, 5.74) is 4.64. The minimum absolute atomic E-state index is 0.0215. The van der Waals surface area contributed by atoms with Crippen LogP contribution in [0.15, 0.2) is 30.5 Å². The molecule has 0 amide bonds. The van der Waals surface area contributed by atoms with E-state index < -0.39 is 12.7 Å². The first kappa shape index (κ1) is 15.9. The molecule has 1 aliphatic rings. The zero-order valence-electron chi connectivity index (χ0n) is 13.9. The van der Waals surface area contributed by atoms with Gasteiger partial charge in [0.05, 0.1) is 5.60 Å². The van der Waals surface area contributed by atoms with Gasteiger partial charge in [-0.15, -0.1) is 0 Å². The van der Waals surface area contributed by atoms with Crippen molar-refractivity contribution in [3.63, 3.8) is 0 Å². The molecule has 0 radical (unpaired) electrons. The van der Waals surface area contributed by atoms with Crippen molar-refractivity contribution in [2.24, 2.45) is 0 Å². The Labute approximate surface area is 136 Å². The molecule has 23 heavy (non-hydrogen) atoms. The van der Waals surface area contributed by atoms with Crippen LogP contribution in [0.4, 0.5) is 0 Å². The van der Waals surface area contributed by atoms with Crippen LogP contribution in [0.2, 0.25) is 0 Å². The first-order valence-corrected chi connectivity index (χ1v) is 7.73. The fourth-order valence-electron chi connectivity index (χ4n) is 2.96. The highest BCUT2D eigenvalue weighted by atomic mass is 16.5. The molecule has 0 saturated carbocycles. The first-order chi connectivity index (χ1) is 10.8. The van der Waals surface area contributed by atoms with Crippen LogP contribution >= 0.6 is 0 Å². The summed E-state index contributed by atoms with van der Waals surface area (Å²) in [7, 11) is -0.932. The third-order valence-corrected chi connectivity index (χ3v) is 4.46. The molecule has 4 nitrogen and oxygen atoms in total. The second-order valence-electron chi connectivity index (χ2n) is 6.63. The van der Waals surface area contributed by atoms with E-state index >= 15 is 0 Å². The van der Waals surface area contributed by atoms with Crippen molar-refractivity contribution in [2.75, 3.05) is 0 Å². The molecule has 118 valence electrons. The average Bonchev–Trinajstić information content (AvgIpc) is 2.71. The maximum Gasteiger partial charge on any atom is 0.492 e. The molecule has 1 aromatic heterocycles. The van der Waals surface area contributed by atoms with Crippen molar-refractivity contribution in [1.29, 1.82) is 0 Å². The molecule has 0 bridgehead atoms. The molecule has 0 fully saturated rings. The van der Waals surface area contributed by atoms with Gasteiger partial charge >= 0.3 is 7.12 Å². The van der Waals surface area contributed by atoms with E-state index in [9.17, 15) is 9.82 Å². The fourth-order valence-corrected chi connectivity index (χ4v) is 2.96. The molecular formula is C18H20BNO3. The van der Waals surface area contributed by atoms with Crippen molar-refractivity contribution >= 4 is 18.4 Å². The molecule has 2 aromatic rings. The van der Waals surface area contributed by atoms with Crippen molar-refractivity contribution in [3.8, 4) is 0 Å². The minimum atomic E-state index is -0.932. The Bertz CT molecular complexity index is 786. The quantitative estimate of drug-likeness (QED) is 0.696. The number of aromatic nitrogens is 1. The average molecular weight is 309 g/mol. The van der Waals surface area contributed by atoms with Crippen molar-refractivity contribution < 1.29 is 14.5 Å². The first-order valence-electron chi connectivity index (χ1n) is 7.73. The van der Waals surface area contributed by atoms with Gasteiger partial charge in [-0.25, -0.2) is 0 Å². The fraction of sp³-hybridized carbons (Fsp3) is 0.333. The molecule has 0 unspecified atom stereocenters. The van der Waals surface area contributed by atoms with Crippen molar-refractivity contribution in [1.82, 2.24) is 4.98 Å². The molecule has 1 aromatic carbocycles. The van der Waals surface area contributed by atoms with Crippen LogP contribution in [0.5, 0.6) is 0 Å². The predicted molar refractivity (Wildman–Crippen MR) is 89.9 cm³/mol. The lowest BCUT2D eigenvalue weighted by molar-refractivity contribution is 0.0990. The Balaban J connectivity index is 1.85. The third-order valence-electron chi connectivity index (χ3n) is 4.46. The number of carbonyl (C=O) groups is 1. The van der Waals surface area contributed by atoms with Gasteiger partial charge in [-0.2, -0.15) is 0 Å². The van der Waals surface area contributed by atoms with E-state index in [0.29, 0.717) is 5.56 Å². The second kappa shape index (κ2) is 5.58. The molecule has 0 atom stereocenters. The number of carbonyl (C=O) groups excluding carboxylic acids is 1. The van der Waals surface area contributed by atoms with Crippen LogP contribution in [0.1, 0.15) is 46.6 Å². The van der Waals surface area contributed by atoms with Crippen LogP contribution in [0, 0.1) is 13.8 Å². The summed E-state index contributed by atoms with van der Waals surface area (Å²) in [5, 5.41) is 10.0. The third kappa shape index (κ3) is 2.94. The number of ketones is 1. The van der Waals surface area contributed by atoms with Crippen LogP contribution in [-0.4, -0.2) is 22.9 Å². The lowest BCUT2D eigenvalue weighted by Gasteiger charge is -2.19. The maximum absolute atomic E-state index is 12.5. The van der Waals surface area contributed by atoms with Gasteiger partial charge < -0.3 is 9.68 Å². The summed E-state index contributed by atoms with van der Waals surface area (Å²) in [6, 6.07) is 7.60. The molecule has 2 heterocycles. The summed E-state index contributed by atoms with van der Waals surface area (Å²) >= 11 is 0. The number of benzene rings is 1. The van der Waals surface area contributed by atoms with Gasteiger partial charge in [-0.3, -0.25) is 9.78 Å². The number of rotatable bonds is 3. The van der Waals surface area contributed by atoms with Crippen LogP contribution < -0.4 is 5.46 Å². The molecule has 1 N–H and O–H groups in total.